The van der Waals surface area contributed by atoms with Gasteiger partial charge in [-0.1, -0.05) is 17.7 Å². The number of nitrogens with zero attached hydrogens (tertiary/aromatic N) is 5. The number of rotatable bonds is 3. The van der Waals surface area contributed by atoms with Gasteiger partial charge in [0.25, 0.3) is 5.91 Å². The molecule has 0 unspecified atom stereocenters. The van der Waals surface area contributed by atoms with Crippen molar-refractivity contribution in [1.29, 1.82) is 0 Å². The maximum Gasteiger partial charge on any atom is 0.290 e. The summed E-state index contributed by atoms with van der Waals surface area (Å²) in [6, 6.07) is 4.45. The number of carbonyl (C=O) groups excluding carboxylic acids is 1. The average Bonchev–Trinajstić information content (AvgIpc) is 3.07. The zero-order chi connectivity index (χ0) is 19.1. The minimum Gasteiger partial charge on any atom is -0.368 e. The van der Waals surface area contributed by atoms with E-state index in [9.17, 15) is 9.18 Å². The number of fused-ring (bicyclic) bond motifs is 1. The minimum absolute atomic E-state index is 0.0394. The molecular formula is C18H16ClFN6O. The standard InChI is InChI=1S/C18H16ClFN6O/c1-10-7-22-18(21)24-15(10)14-9-25-4-5-26(17(27)16(25)23-14)8-11-2-3-13(20)12(19)6-11/h2-3,6-7,9H,4-5,8H2,1H3,(H2,21,22,24). The largest absolute Gasteiger partial charge is 0.368 e. The summed E-state index contributed by atoms with van der Waals surface area (Å²) < 4.78 is 15.1. The fourth-order valence-electron chi connectivity index (χ4n) is 3.07. The molecule has 3 heterocycles. The first kappa shape index (κ1) is 17.4. The summed E-state index contributed by atoms with van der Waals surface area (Å²) in [6.07, 6.45) is 3.43. The van der Waals surface area contributed by atoms with Crippen LogP contribution in [0.4, 0.5) is 10.3 Å². The molecule has 138 valence electrons. The molecule has 0 fully saturated rings. The highest BCUT2D eigenvalue weighted by Crippen LogP contribution is 2.24. The maximum absolute atomic E-state index is 13.3. The van der Waals surface area contributed by atoms with E-state index in [4.69, 9.17) is 17.3 Å². The summed E-state index contributed by atoms with van der Waals surface area (Å²) in [5.41, 5.74) is 8.44. The highest BCUT2D eigenvalue weighted by molar-refractivity contribution is 6.30. The Balaban J connectivity index is 1.61. The Hall–Kier alpha value is -3.00. The number of aromatic nitrogens is 4. The molecule has 1 amide bonds. The molecule has 3 aromatic rings. The van der Waals surface area contributed by atoms with Crippen LogP contribution >= 0.6 is 11.6 Å². The first-order valence-electron chi connectivity index (χ1n) is 8.32. The third-order valence-corrected chi connectivity index (χ3v) is 4.75. The van der Waals surface area contributed by atoms with Crippen LogP contribution in [-0.2, 0) is 13.1 Å². The van der Waals surface area contributed by atoms with Crippen LogP contribution < -0.4 is 5.73 Å². The van der Waals surface area contributed by atoms with Crippen LogP contribution in [0.15, 0.2) is 30.6 Å². The fraction of sp³-hybridized carbons (Fsp3) is 0.222. The molecule has 1 aliphatic heterocycles. The van der Waals surface area contributed by atoms with E-state index >= 15 is 0 Å². The van der Waals surface area contributed by atoms with Crippen molar-refractivity contribution in [2.75, 3.05) is 12.3 Å². The van der Waals surface area contributed by atoms with E-state index in [1.807, 2.05) is 11.5 Å². The number of nitrogens with two attached hydrogens (primary N) is 1. The van der Waals surface area contributed by atoms with Crippen LogP contribution in [0, 0.1) is 12.7 Å². The fourth-order valence-corrected chi connectivity index (χ4v) is 3.27. The molecule has 0 saturated carbocycles. The van der Waals surface area contributed by atoms with Crippen molar-refractivity contribution in [1.82, 2.24) is 24.4 Å². The van der Waals surface area contributed by atoms with Crippen molar-refractivity contribution >= 4 is 23.5 Å². The molecular weight excluding hydrogens is 371 g/mol. The number of anilines is 1. The number of carbonyl (C=O) groups is 1. The minimum atomic E-state index is -0.481. The van der Waals surface area contributed by atoms with Crippen LogP contribution in [0.2, 0.25) is 5.02 Å². The van der Waals surface area contributed by atoms with E-state index in [2.05, 4.69) is 15.0 Å². The van der Waals surface area contributed by atoms with E-state index in [0.717, 1.165) is 11.1 Å². The second kappa shape index (κ2) is 6.62. The Bertz CT molecular complexity index is 1050. The summed E-state index contributed by atoms with van der Waals surface area (Å²) >= 11 is 5.83. The first-order chi connectivity index (χ1) is 12.9. The van der Waals surface area contributed by atoms with Gasteiger partial charge in [-0.3, -0.25) is 4.79 Å². The van der Waals surface area contributed by atoms with Gasteiger partial charge >= 0.3 is 0 Å². The van der Waals surface area contributed by atoms with Gasteiger partial charge in [-0.25, -0.2) is 19.3 Å². The van der Waals surface area contributed by atoms with E-state index < -0.39 is 5.82 Å². The molecule has 1 aromatic carbocycles. The van der Waals surface area contributed by atoms with Crippen molar-refractivity contribution in [3.8, 4) is 11.4 Å². The van der Waals surface area contributed by atoms with Crippen molar-refractivity contribution in [3.63, 3.8) is 0 Å². The lowest BCUT2D eigenvalue weighted by atomic mass is 10.2. The van der Waals surface area contributed by atoms with Crippen LogP contribution in [0.3, 0.4) is 0 Å². The molecule has 0 bridgehead atoms. The highest BCUT2D eigenvalue weighted by atomic mass is 35.5. The van der Waals surface area contributed by atoms with Gasteiger partial charge in [-0.2, -0.15) is 0 Å². The smallest absolute Gasteiger partial charge is 0.290 e. The third kappa shape index (κ3) is 3.23. The highest BCUT2D eigenvalue weighted by Gasteiger charge is 2.28. The molecule has 9 heteroatoms. The van der Waals surface area contributed by atoms with Crippen LogP contribution in [-0.4, -0.2) is 36.9 Å². The van der Waals surface area contributed by atoms with Crippen molar-refractivity contribution in [2.45, 2.75) is 20.0 Å². The van der Waals surface area contributed by atoms with Crippen molar-refractivity contribution < 1.29 is 9.18 Å². The number of hydrogen-bond acceptors (Lipinski definition) is 5. The lowest BCUT2D eigenvalue weighted by Crippen LogP contribution is -2.39. The zero-order valence-electron chi connectivity index (χ0n) is 14.5. The van der Waals surface area contributed by atoms with E-state index in [1.165, 1.54) is 12.1 Å². The van der Waals surface area contributed by atoms with Gasteiger partial charge < -0.3 is 15.2 Å². The summed E-state index contributed by atoms with van der Waals surface area (Å²) in [4.78, 5) is 27.2. The Morgan fingerprint density at radius 2 is 2.11 bits per heavy atom. The second-order valence-electron chi connectivity index (χ2n) is 6.38. The molecule has 0 saturated heterocycles. The Labute approximate surface area is 159 Å². The molecule has 7 nitrogen and oxygen atoms in total. The van der Waals surface area contributed by atoms with E-state index in [0.29, 0.717) is 36.8 Å². The van der Waals surface area contributed by atoms with Gasteiger partial charge in [0.15, 0.2) is 5.82 Å². The summed E-state index contributed by atoms with van der Waals surface area (Å²) in [6.45, 7) is 3.31. The van der Waals surface area contributed by atoms with Gasteiger partial charge in [0.2, 0.25) is 5.95 Å². The number of halogens is 2. The van der Waals surface area contributed by atoms with Gasteiger partial charge in [0, 0.05) is 32.0 Å². The predicted molar refractivity (Wildman–Crippen MR) is 98.6 cm³/mol. The topological polar surface area (TPSA) is 89.9 Å². The average molecular weight is 387 g/mol. The molecule has 1 aliphatic rings. The molecule has 2 aromatic heterocycles. The number of imidazole rings is 1. The molecule has 0 spiro atoms. The van der Waals surface area contributed by atoms with E-state index in [-0.39, 0.29) is 16.9 Å². The lowest BCUT2D eigenvalue weighted by Gasteiger charge is -2.27. The van der Waals surface area contributed by atoms with Crippen LogP contribution in [0.1, 0.15) is 21.7 Å². The number of amides is 1. The lowest BCUT2D eigenvalue weighted by molar-refractivity contribution is 0.0683. The number of hydrogen-bond donors (Lipinski definition) is 1. The first-order valence-corrected chi connectivity index (χ1v) is 8.70. The van der Waals surface area contributed by atoms with Gasteiger partial charge in [0.05, 0.1) is 10.7 Å². The van der Waals surface area contributed by atoms with Gasteiger partial charge in [0.1, 0.15) is 11.5 Å². The molecule has 0 radical (unpaired) electrons. The van der Waals surface area contributed by atoms with E-state index in [1.54, 1.807) is 23.4 Å². The molecule has 0 atom stereocenters. The normalized spacial score (nSPS) is 13.7. The molecule has 27 heavy (non-hydrogen) atoms. The predicted octanol–water partition coefficient (Wildman–Crippen LogP) is 2.68. The third-order valence-electron chi connectivity index (χ3n) is 4.46. The number of nitrogen functional groups attached to an aromatic ring is 1. The van der Waals surface area contributed by atoms with Crippen molar-refractivity contribution in [2.24, 2.45) is 0 Å². The maximum atomic E-state index is 13.3. The zero-order valence-corrected chi connectivity index (χ0v) is 15.2. The Kier molecular flexibility index (Phi) is 4.27. The Morgan fingerprint density at radius 1 is 1.30 bits per heavy atom. The number of aryl methyl sites for hydroxylation is 1. The quantitative estimate of drug-likeness (QED) is 0.747. The van der Waals surface area contributed by atoms with Crippen LogP contribution in [0.25, 0.3) is 11.4 Å². The SMILES string of the molecule is Cc1cnc(N)nc1-c1cn2c(n1)C(=O)N(Cc1ccc(F)c(Cl)c1)CC2. The molecule has 2 N–H and O–H groups in total. The summed E-state index contributed by atoms with van der Waals surface area (Å²) in [5, 5.41) is 0.0394. The Morgan fingerprint density at radius 3 is 2.89 bits per heavy atom. The number of benzene rings is 1. The van der Waals surface area contributed by atoms with Gasteiger partial charge in [-0.15, -0.1) is 0 Å². The van der Waals surface area contributed by atoms with Crippen LogP contribution in [0.5, 0.6) is 0 Å². The monoisotopic (exact) mass is 386 g/mol. The second-order valence-corrected chi connectivity index (χ2v) is 6.79. The van der Waals surface area contributed by atoms with Gasteiger partial charge in [-0.05, 0) is 30.2 Å². The molecule has 4 rings (SSSR count). The molecule has 0 aliphatic carbocycles. The summed E-state index contributed by atoms with van der Waals surface area (Å²) in [5.74, 6) is -0.193. The summed E-state index contributed by atoms with van der Waals surface area (Å²) in [7, 11) is 0. The van der Waals surface area contributed by atoms with Crippen molar-refractivity contribution in [3.05, 3.63) is 58.4 Å².